The number of carbonyl (C=O) groups is 2. The van der Waals surface area contributed by atoms with Crippen molar-refractivity contribution in [1.29, 1.82) is 0 Å². The van der Waals surface area contributed by atoms with Gasteiger partial charge in [0.25, 0.3) is 0 Å². The molecule has 1 N–H and O–H groups in total. The van der Waals surface area contributed by atoms with Crippen LogP contribution in [0, 0.1) is 5.92 Å². The standard InChI is InChI=1S/C17H12O3/c18-16-14-10-5-3-4-9(8-10)13(15(16)17(19)20)11-6-1-2-7-12(11)14/h1-8,13-15H,(H,19,20). The fourth-order valence-corrected chi connectivity index (χ4v) is 3.65. The predicted molar refractivity (Wildman–Crippen MR) is 72.7 cm³/mol. The van der Waals surface area contributed by atoms with Crippen LogP contribution < -0.4 is 0 Å². The highest BCUT2D eigenvalue weighted by atomic mass is 16.4. The smallest absolute Gasteiger partial charge is 0.315 e. The van der Waals surface area contributed by atoms with E-state index in [-0.39, 0.29) is 11.7 Å². The first-order chi connectivity index (χ1) is 9.68. The summed E-state index contributed by atoms with van der Waals surface area (Å²) in [5.74, 6) is -3.00. The lowest BCUT2D eigenvalue weighted by Gasteiger charge is -2.32. The van der Waals surface area contributed by atoms with E-state index in [1.54, 1.807) is 0 Å². The first-order valence-electron chi connectivity index (χ1n) is 6.63. The number of carboxylic acids is 1. The second-order valence-electron chi connectivity index (χ2n) is 5.43. The molecule has 4 bridgehead atoms. The van der Waals surface area contributed by atoms with Crippen molar-refractivity contribution in [3.63, 3.8) is 0 Å². The van der Waals surface area contributed by atoms with E-state index >= 15 is 0 Å². The van der Waals surface area contributed by atoms with Gasteiger partial charge in [0.05, 0.1) is 5.92 Å². The van der Waals surface area contributed by atoms with Crippen LogP contribution in [-0.4, -0.2) is 16.9 Å². The Bertz CT molecular complexity index is 747. The van der Waals surface area contributed by atoms with Gasteiger partial charge in [0.2, 0.25) is 0 Å². The summed E-state index contributed by atoms with van der Waals surface area (Å²) in [5.41, 5.74) is 3.77. The second kappa shape index (κ2) is 3.79. The SMILES string of the molecule is O=C(O)C1C(=O)C2c3cccc(c3)C1c1ccccc12. The Morgan fingerprint density at radius 1 is 0.950 bits per heavy atom. The molecule has 0 aliphatic heterocycles. The summed E-state index contributed by atoms with van der Waals surface area (Å²) in [6, 6.07) is 15.4. The summed E-state index contributed by atoms with van der Waals surface area (Å²) in [4.78, 5) is 24.3. The molecule has 0 spiro atoms. The lowest BCUT2D eigenvalue weighted by Crippen LogP contribution is -2.37. The van der Waals surface area contributed by atoms with E-state index in [1.807, 2.05) is 48.5 Å². The first kappa shape index (κ1) is 11.4. The zero-order valence-corrected chi connectivity index (χ0v) is 10.6. The zero-order chi connectivity index (χ0) is 13.9. The van der Waals surface area contributed by atoms with Crippen molar-refractivity contribution < 1.29 is 14.7 Å². The molecule has 3 aliphatic rings. The number of aliphatic carboxylic acids is 1. The molecule has 98 valence electrons. The van der Waals surface area contributed by atoms with Gasteiger partial charge in [-0.2, -0.15) is 0 Å². The highest BCUT2D eigenvalue weighted by Crippen LogP contribution is 2.49. The van der Waals surface area contributed by atoms with E-state index in [0.29, 0.717) is 0 Å². The minimum atomic E-state index is -1.03. The summed E-state index contributed by atoms with van der Waals surface area (Å²) in [5, 5.41) is 9.51. The van der Waals surface area contributed by atoms with Crippen molar-refractivity contribution in [1.82, 2.24) is 0 Å². The highest BCUT2D eigenvalue weighted by molar-refractivity contribution is 6.07. The summed E-state index contributed by atoms with van der Waals surface area (Å²) < 4.78 is 0. The number of rotatable bonds is 1. The molecule has 3 heteroatoms. The zero-order valence-electron chi connectivity index (χ0n) is 10.6. The van der Waals surface area contributed by atoms with Gasteiger partial charge in [-0.3, -0.25) is 9.59 Å². The van der Waals surface area contributed by atoms with Crippen LogP contribution in [-0.2, 0) is 9.59 Å². The van der Waals surface area contributed by atoms with Gasteiger partial charge in [-0.15, -0.1) is 0 Å². The molecule has 0 radical (unpaired) electrons. The monoisotopic (exact) mass is 264 g/mol. The molecule has 3 unspecified atom stereocenters. The Kier molecular flexibility index (Phi) is 2.16. The number of hydrogen-bond acceptors (Lipinski definition) is 2. The lowest BCUT2D eigenvalue weighted by molar-refractivity contribution is -0.147. The molecular formula is C17H12O3. The maximum Gasteiger partial charge on any atom is 0.315 e. The minimum Gasteiger partial charge on any atom is -0.481 e. The molecule has 2 aromatic carbocycles. The number of carbonyl (C=O) groups excluding carboxylic acids is 1. The van der Waals surface area contributed by atoms with Crippen LogP contribution in [0.25, 0.3) is 0 Å². The maximum atomic E-state index is 12.7. The molecule has 0 saturated heterocycles. The number of hydrogen-bond donors (Lipinski definition) is 1. The van der Waals surface area contributed by atoms with E-state index in [4.69, 9.17) is 0 Å². The molecule has 0 fully saturated rings. The molecule has 0 heterocycles. The van der Waals surface area contributed by atoms with Crippen LogP contribution in [0.4, 0.5) is 0 Å². The molecule has 3 nitrogen and oxygen atoms in total. The Hall–Kier alpha value is -2.42. The molecule has 0 aromatic heterocycles. The molecule has 5 rings (SSSR count). The van der Waals surface area contributed by atoms with Crippen molar-refractivity contribution in [2.45, 2.75) is 11.8 Å². The number of benzene rings is 2. The summed E-state index contributed by atoms with van der Waals surface area (Å²) in [7, 11) is 0. The fraction of sp³-hybridized carbons (Fsp3) is 0.176. The van der Waals surface area contributed by atoms with Crippen molar-refractivity contribution >= 4 is 11.8 Å². The van der Waals surface area contributed by atoms with Crippen LogP contribution in [0.2, 0.25) is 0 Å². The van der Waals surface area contributed by atoms with Crippen molar-refractivity contribution in [3.05, 3.63) is 70.8 Å². The Morgan fingerprint density at radius 3 is 2.40 bits per heavy atom. The van der Waals surface area contributed by atoms with Crippen LogP contribution in [0.3, 0.4) is 0 Å². The summed E-state index contributed by atoms with van der Waals surface area (Å²) in [6.07, 6.45) is 0. The van der Waals surface area contributed by atoms with E-state index < -0.39 is 17.8 Å². The largest absolute Gasteiger partial charge is 0.481 e. The first-order valence-corrected chi connectivity index (χ1v) is 6.63. The van der Waals surface area contributed by atoms with E-state index in [9.17, 15) is 14.7 Å². The molecule has 2 aromatic rings. The number of fused-ring (bicyclic) bond motifs is 1. The fourth-order valence-electron chi connectivity index (χ4n) is 3.65. The molecule has 0 amide bonds. The second-order valence-corrected chi connectivity index (χ2v) is 5.43. The van der Waals surface area contributed by atoms with E-state index in [0.717, 1.165) is 22.3 Å². The third-order valence-electron chi connectivity index (χ3n) is 4.44. The lowest BCUT2D eigenvalue weighted by atomic mass is 9.69. The van der Waals surface area contributed by atoms with Crippen LogP contribution in [0.5, 0.6) is 0 Å². The minimum absolute atomic E-state index is 0.192. The Balaban J connectivity index is 2.10. The van der Waals surface area contributed by atoms with E-state index in [1.165, 1.54) is 0 Å². The third-order valence-corrected chi connectivity index (χ3v) is 4.44. The molecule has 3 aliphatic carbocycles. The van der Waals surface area contributed by atoms with Gasteiger partial charge >= 0.3 is 5.97 Å². The predicted octanol–water partition coefficient (Wildman–Crippen LogP) is 2.55. The third kappa shape index (κ3) is 1.29. The maximum absolute atomic E-state index is 12.7. The number of Topliss-reactive ketones (excluding diaryl/α,β-unsaturated/α-hetero) is 1. The van der Waals surface area contributed by atoms with Gasteiger partial charge in [0.15, 0.2) is 5.78 Å². The summed E-state index contributed by atoms with van der Waals surface area (Å²) >= 11 is 0. The molecule has 3 atom stereocenters. The molecular weight excluding hydrogens is 252 g/mol. The molecule has 20 heavy (non-hydrogen) atoms. The van der Waals surface area contributed by atoms with Crippen molar-refractivity contribution in [2.24, 2.45) is 5.92 Å². The van der Waals surface area contributed by atoms with Gasteiger partial charge < -0.3 is 5.11 Å². The van der Waals surface area contributed by atoms with Crippen molar-refractivity contribution in [3.8, 4) is 0 Å². The van der Waals surface area contributed by atoms with Gasteiger partial charge in [-0.05, 0) is 22.3 Å². The molecule has 0 saturated carbocycles. The quantitative estimate of drug-likeness (QED) is 0.805. The number of ketones is 1. The normalized spacial score (nSPS) is 26.0. The Morgan fingerprint density at radius 2 is 1.65 bits per heavy atom. The topological polar surface area (TPSA) is 54.4 Å². The average molecular weight is 264 g/mol. The van der Waals surface area contributed by atoms with Gasteiger partial charge in [0.1, 0.15) is 5.92 Å². The van der Waals surface area contributed by atoms with Crippen LogP contribution in [0.15, 0.2) is 48.5 Å². The van der Waals surface area contributed by atoms with Gasteiger partial charge in [-0.1, -0.05) is 48.5 Å². The van der Waals surface area contributed by atoms with E-state index in [2.05, 4.69) is 0 Å². The van der Waals surface area contributed by atoms with Crippen LogP contribution in [0.1, 0.15) is 34.1 Å². The van der Waals surface area contributed by atoms with Gasteiger partial charge in [0, 0.05) is 5.92 Å². The highest BCUT2D eigenvalue weighted by Gasteiger charge is 2.48. The van der Waals surface area contributed by atoms with Crippen LogP contribution >= 0.6 is 0 Å². The average Bonchev–Trinajstić information content (AvgIpc) is 2.58. The number of carboxylic acid groups (broad SMARTS) is 1. The Labute approximate surface area is 115 Å². The van der Waals surface area contributed by atoms with Gasteiger partial charge in [-0.25, -0.2) is 0 Å². The summed E-state index contributed by atoms with van der Waals surface area (Å²) in [6.45, 7) is 0. The van der Waals surface area contributed by atoms with Crippen molar-refractivity contribution in [2.75, 3.05) is 0 Å².